The number of halogens is 2. The molecule has 11 heteroatoms. The molecule has 28 heavy (non-hydrogen) atoms. The molecule has 2 aromatic rings. The number of hydrogen-bond donors (Lipinski definition) is 2. The van der Waals surface area contributed by atoms with Crippen molar-refractivity contribution in [3.05, 3.63) is 17.0 Å². The fourth-order valence-corrected chi connectivity index (χ4v) is 4.84. The lowest BCUT2D eigenvalue weighted by molar-refractivity contribution is -0.154. The summed E-state index contributed by atoms with van der Waals surface area (Å²) < 4.78 is 29.2. The Morgan fingerprint density at radius 3 is 2.64 bits per heavy atom. The van der Waals surface area contributed by atoms with E-state index in [1.165, 1.54) is 10.9 Å². The summed E-state index contributed by atoms with van der Waals surface area (Å²) in [5, 5.41) is 9.91. The molecular weight excluding hydrogens is 451 g/mol. The Kier molecular flexibility index (Phi) is 5.32. The van der Waals surface area contributed by atoms with Crippen molar-refractivity contribution in [3.8, 4) is 0 Å². The van der Waals surface area contributed by atoms with Crippen molar-refractivity contribution in [1.29, 1.82) is 0 Å². The van der Waals surface area contributed by atoms with E-state index < -0.39 is 38.9 Å². The number of ether oxygens (including phenoxy) is 1. The van der Waals surface area contributed by atoms with E-state index >= 15 is 4.39 Å². The number of hydrogen-bond acceptors (Lipinski definition) is 6. The summed E-state index contributed by atoms with van der Waals surface area (Å²) in [5.74, 6) is -1.04. The molecule has 3 rings (SSSR count). The molecule has 0 amide bonds. The van der Waals surface area contributed by atoms with Crippen molar-refractivity contribution >= 4 is 47.1 Å². The third kappa shape index (κ3) is 3.44. The zero-order valence-corrected chi connectivity index (χ0v) is 18.9. The van der Waals surface area contributed by atoms with Gasteiger partial charge < -0.3 is 24.6 Å². The van der Waals surface area contributed by atoms with Gasteiger partial charge in [0, 0.05) is 10.7 Å². The minimum atomic E-state index is -2.43. The Bertz CT molecular complexity index is 916. The summed E-state index contributed by atoms with van der Waals surface area (Å²) in [6.07, 6.45) is -2.72. The Morgan fingerprint density at radius 1 is 1.43 bits per heavy atom. The number of anilines is 1. The predicted octanol–water partition coefficient (Wildman–Crippen LogP) is 3.49. The molecule has 1 saturated heterocycles. The van der Waals surface area contributed by atoms with Crippen LogP contribution in [0, 0.1) is 0 Å². The molecule has 3 N–H and O–H groups in total. The van der Waals surface area contributed by atoms with Gasteiger partial charge in [-0.2, -0.15) is 0 Å². The Hall–Kier alpha value is -1.56. The molecule has 2 aromatic heterocycles. The van der Waals surface area contributed by atoms with Gasteiger partial charge in [-0.3, -0.25) is 0 Å². The number of alkyl halides is 1. The van der Waals surface area contributed by atoms with E-state index in [2.05, 4.69) is 25.9 Å². The quantitative estimate of drug-likeness (QED) is 0.651. The topological polar surface area (TPSA) is 112 Å². The lowest BCUT2D eigenvalue weighted by Crippen LogP contribution is -2.49. The lowest BCUT2D eigenvalue weighted by Gasteiger charge is -2.39. The molecule has 4 atom stereocenters. The molecule has 154 valence electrons. The molecule has 1 aliphatic heterocycles. The van der Waals surface area contributed by atoms with Crippen molar-refractivity contribution in [2.24, 2.45) is 0 Å². The van der Waals surface area contributed by atoms with Gasteiger partial charge in [0.05, 0.1) is 5.39 Å². The number of nitrogens with zero attached hydrogens (tertiary/aromatic N) is 3. The number of nitrogen functional groups attached to an aromatic ring is 1. The Labute approximate surface area is 171 Å². The second kappa shape index (κ2) is 7.04. The maximum atomic E-state index is 15.5. The first-order chi connectivity index (χ1) is 12.8. The van der Waals surface area contributed by atoms with Gasteiger partial charge >= 0.3 is 5.97 Å². The van der Waals surface area contributed by atoms with E-state index in [0.29, 0.717) is 15.5 Å². The number of fused-ring (bicyclic) bond motifs is 1. The van der Waals surface area contributed by atoms with Gasteiger partial charge in [0.25, 0.3) is 0 Å². The first-order valence-corrected chi connectivity index (χ1v) is 12.5. The summed E-state index contributed by atoms with van der Waals surface area (Å²) in [6.45, 7) is 9.91. The third-order valence-electron chi connectivity index (χ3n) is 5.52. The SMILES string of the molecule is CC(C)(C)[Si](C)(C)O[C@H]1[C@H](F)[C@H](n2cc(Br)c3c(N)ncnc32)O[C@@H]1C(=O)O. The van der Waals surface area contributed by atoms with Crippen LogP contribution in [0.15, 0.2) is 17.0 Å². The molecule has 0 radical (unpaired) electrons. The highest BCUT2D eigenvalue weighted by atomic mass is 79.9. The van der Waals surface area contributed by atoms with Crippen LogP contribution < -0.4 is 5.73 Å². The van der Waals surface area contributed by atoms with Gasteiger partial charge in [-0.25, -0.2) is 19.2 Å². The van der Waals surface area contributed by atoms with Crippen LogP contribution in [0.4, 0.5) is 10.2 Å². The highest BCUT2D eigenvalue weighted by Crippen LogP contribution is 2.43. The predicted molar refractivity (Wildman–Crippen MR) is 108 cm³/mol. The molecular formula is C17H24BrFN4O4Si. The molecule has 0 unspecified atom stereocenters. The molecule has 1 aliphatic rings. The van der Waals surface area contributed by atoms with E-state index in [-0.39, 0.29) is 10.9 Å². The highest BCUT2D eigenvalue weighted by molar-refractivity contribution is 9.10. The van der Waals surface area contributed by atoms with E-state index in [4.69, 9.17) is 14.9 Å². The number of carboxylic acids is 1. The van der Waals surface area contributed by atoms with Crippen LogP contribution in [-0.2, 0) is 14.0 Å². The van der Waals surface area contributed by atoms with Crippen LogP contribution in [0.5, 0.6) is 0 Å². The zero-order valence-electron chi connectivity index (χ0n) is 16.3. The van der Waals surface area contributed by atoms with E-state index in [9.17, 15) is 9.90 Å². The number of carbonyl (C=O) groups is 1. The summed E-state index contributed by atoms with van der Waals surface area (Å²) in [4.78, 5) is 19.9. The second-order valence-corrected chi connectivity index (χ2v) is 14.0. The van der Waals surface area contributed by atoms with Gasteiger partial charge in [0.2, 0.25) is 0 Å². The monoisotopic (exact) mass is 474 g/mol. The first-order valence-electron chi connectivity index (χ1n) is 8.82. The van der Waals surface area contributed by atoms with Crippen molar-refractivity contribution in [2.45, 2.75) is 63.5 Å². The first kappa shape index (κ1) is 21.2. The third-order valence-corrected chi connectivity index (χ3v) is 10.6. The Balaban J connectivity index is 2.02. The normalized spacial score (nSPS) is 26.1. The molecule has 0 aliphatic carbocycles. The van der Waals surface area contributed by atoms with Crippen molar-refractivity contribution in [3.63, 3.8) is 0 Å². The molecule has 0 saturated carbocycles. The molecule has 0 aromatic carbocycles. The second-order valence-electron chi connectivity index (χ2n) is 8.41. The summed E-state index contributed by atoms with van der Waals surface area (Å²) >= 11 is 3.37. The zero-order chi connectivity index (χ0) is 21.0. The average Bonchev–Trinajstić information content (AvgIpc) is 3.05. The van der Waals surface area contributed by atoms with E-state index in [0.717, 1.165) is 0 Å². The van der Waals surface area contributed by atoms with Gasteiger partial charge in [-0.1, -0.05) is 20.8 Å². The molecule has 8 nitrogen and oxygen atoms in total. The highest BCUT2D eigenvalue weighted by Gasteiger charge is 2.54. The largest absolute Gasteiger partial charge is 0.479 e. The minimum Gasteiger partial charge on any atom is -0.479 e. The fraction of sp³-hybridized carbons (Fsp3) is 0.588. The van der Waals surface area contributed by atoms with Gasteiger partial charge in [0.15, 0.2) is 26.8 Å². The van der Waals surface area contributed by atoms with Crippen LogP contribution in [-0.4, -0.2) is 52.3 Å². The number of aliphatic carboxylic acids is 1. The smallest absolute Gasteiger partial charge is 0.335 e. The van der Waals surface area contributed by atoms with E-state index in [1.807, 2.05) is 33.9 Å². The summed E-state index contributed by atoms with van der Waals surface area (Å²) in [6, 6.07) is 0. The van der Waals surface area contributed by atoms with Gasteiger partial charge in [-0.15, -0.1) is 0 Å². The number of nitrogens with two attached hydrogens (primary N) is 1. The summed E-state index contributed by atoms with van der Waals surface area (Å²) in [5.41, 5.74) is 6.25. The standard InChI is InChI=1S/C17H24BrFN4O4Si/c1-17(2,3)28(4,5)27-11-10(19)15(26-12(11)16(24)25)23-6-8(18)9-13(20)21-7-22-14(9)23/h6-7,10-12,15H,1-5H3,(H,24,25)(H2,20,21,22)/t10-,11-,12-,15+/m0/s1. The fourth-order valence-electron chi connectivity index (χ4n) is 2.95. The number of rotatable bonds is 4. The molecule has 1 fully saturated rings. The van der Waals surface area contributed by atoms with Crippen LogP contribution >= 0.6 is 15.9 Å². The van der Waals surface area contributed by atoms with Crippen LogP contribution in [0.25, 0.3) is 11.0 Å². The molecule has 0 spiro atoms. The minimum absolute atomic E-state index is 0.210. The summed E-state index contributed by atoms with van der Waals surface area (Å²) in [7, 11) is -2.43. The lowest BCUT2D eigenvalue weighted by atomic mass is 10.1. The maximum absolute atomic E-state index is 15.5. The van der Waals surface area contributed by atoms with Crippen molar-refractivity contribution < 1.29 is 23.5 Å². The van der Waals surface area contributed by atoms with Gasteiger partial charge in [0.1, 0.15) is 23.9 Å². The van der Waals surface area contributed by atoms with Crippen LogP contribution in [0.1, 0.15) is 27.0 Å². The molecule has 3 heterocycles. The average molecular weight is 475 g/mol. The van der Waals surface area contributed by atoms with E-state index in [1.54, 1.807) is 6.20 Å². The van der Waals surface area contributed by atoms with Crippen LogP contribution in [0.2, 0.25) is 18.1 Å². The Morgan fingerprint density at radius 2 is 2.07 bits per heavy atom. The maximum Gasteiger partial charge on any atom is 0.335 e. The van der Waals surface area contributed by atoms with Crippen LogP contribution in [0.3, 0.4) is 0 Å². The van der Waals surface area contributed by atoms with Crippen molar-refractivity contribution in [2.75, 3.05) is 5.73 Å². The number of carboxylic acid groups (broad SMARTS) is 1. The van der Waals surface area contributed by atoms with Gasteiger partial charge in [-0.05, 0) is 34.1 Å². The molecule has 0 bridgehead atoms. The van der Waals surface area contributed by atoms with Crippen molar-refractivity contribution in [1.82, 2.24) is 14.5 Å². The number of aromatic nitrogens is 3.